The summed E-state index contributed by atoms with van der Waals surface area (Å²) in [6, 6.07) is 24.0. The molecule has 6 nitrogen and oxygen atoms in total. The molecule has 0 radical (unpaired) electrons. The number of carbonyl (C=O) groups is 1. The number of halogens is 2. The lowest BCUT2D eigenvalue weighted by atomic mass is 9.99. The third-order valence-corrected chi connectivity index (χ3v) is 7.44. The van der Waals surface area contributed by atoms with Gasteiger partial charge in [0.25, 0.3) is 0 Å². The van der Waals surface area contributed by atoms with Crippen LogP contribution in [-0.4, -0.2) is 25.3 Å². The highest BCUT2D eigenvalue weighted by atomic mass is 19.1. The Balaban J connectivity index is 1.55. The number of anilines is 1. The van der Waals surface area contributed by atoms with Crippen LogP contribution in [0.5, 0.6) is 0 Å². The number of benzene rings is 3. The van der Waals surface area contributed by atoms with Crippen LogP contribution in [0.15, 0.2) is 91.1 Å². The van der Waals surface area contributed by atoms with Gasteiger partial charge in [-0.05, 0) is 60.4 Å². The maximum absolute atomic E-state index is 14.6. The number of para-hydroxylation sites is 1. The molecule has 5 aromatic rings. The summed E-state index contributed by atoms with van der Waals surface area (Å²) in [4.78, 5) is 15.7. The average Bonchev–Trinajstić information content (AvgIpc) is 3.56. The van der Waals surface area contributed by atoms with E-state index >= 15 is 0 Å². The van der Waals surface area contributed by atoms with Gasteiger partial charge in [-0.1, -0.05) is 56.3 Å². The summed E-state index contributed by atoms with van der Waals surface area (Å²) in [5.74, 6) is -0.484. The van der Waals surface area contributed by atoms with Crippen LogP contribution in [-0.2, 0) is 19.4 Å². The van der Waals surface area contributed by atoms with Crippen LogP contribution in [0.3, 0.4) is 0 Å². The van der Waals surface area contributed by atoms with Crippen molar-refractivity contribution in [2.45, 2.75) is 39.3 Å². The standard InChI is InChI=1S/C32H29F2N5O/c1-3-21-12-14-22(15-13-21)30-29-11-8-18-37(29)31-25(27(4-2)36-39(31)24-9-6-5-7-10-24)20-38(30)32(40)35-28-19-23(33)16-17-26(28)34/h5-19,30H,3-4,20H2,1-2H3,(H,35,40)/t30-/m0/s1. The molecule has 2 amide bonds. The van der Waals surface area contributed by atoms with E-state index in [9.17, 15) is 13.6 Å². The number of carbonyl (C=O) groups excluding carboxylic acids is 1. The number of amides is 2. The summed E-state index contributed by atoms with van der Waals surface area (Å²) in [6.07, 6.45) is 3.53. The highest BCUT2D eigenvalue weighted by Crippen LogP contribution is 2.39. The highest BCUT2D eigenvalue weighted by molar-refractivity contribution is 5.90. The molecule has 0 saturated heterocycles. The molecule has 1 aliphatic heterocycles. The van der Waals surface area contributed by atoms with E-state index in [2.05, 4.69) is 28.9 Å². The molecule has 8 heteroatoms. The number of nitrogens with one attached hydrogen (secondary N) is 1. The van der Waals surface area contributed by atoms with Gasteiger partial charge in [0.15, 0.2) is 0 Å². The molecular formula is C32H29F2N5O. The van der Waals surface area contributed by atoms with Crippen LogP contribution in [0.1, 0.15) is 48.0 Å². The Hall–Kier alpha value is -4.72. The summed E-state index contributed by atoms with van der Waals surface area (Å²) < 4.78 is 32.6. The SMILES string of the molecule is CCc1ccc([C@H]2c3cccn3-c3c(c(CC)nn3-c3ccccc3)CN2C(=O)Nc2cc(F)ccc2F)cc1. The van der Waals surface area contributed by atoms with E-state index in [1.165, 1.54) is 5.56 Å². The summed E-state index contributed by atoms with van der Waals surface area (Å²) in [5.41, 5.74) is 5.40. The maximum atomic E-state index is 14.6. The zero-order valence-corrected chi connectivity index (χ0v) is 22.3. The maximum Gasteiger partial charge on any atom is 0.323 e. The quantitative estimate of drug-likeness (QED) is 0.258. The van der Waals surface area contributed by atoms with Crippen molar-refractivity contribution in [3.63, 3.8) is 0 Å². The van der Waals surface area contributed by atoms with Crippen molar-refractivity contribution >= 4 is 11.7 Å². The summed E-state index contributed by atoms with van der Waals surface area (Å²) >= 11 is 0. The minimum absolute atomic E-state index is 0.208. The molecule has 6 rings (SSSR count). The molecule has 202 valence electrons. The number of aromatic nitrogens is 3. The third-order valence-electron chi connectivity index (χ3n) is 7.44. The molecule has 40 heavy (non-hydrogen) atoms. The van der Waals surface area contributed by atoms with Gasteiger partial charge < -0.3 is 14.8 Å². The molecule has 0 saturated carbocycles. The number of aryl methyl sites for hydroxylation is 2. The van der Waals surface area contributed by atoms with Gasteiger partial charge in [0.1, 0.15) is 17.5 Å². The zero-order valence-electron chi connectivity index (χ0n) is 22.3. The summed E-state index contributed by atoms with van der Waals surface area (Å²) in [6.45, 7) is 4.35. The van der Waals surface area contributed by atoms with E-state index in [1.807, 2.05) is 72.4 Å². The van der Waals surface area contributed by atoms with E-state index < -0.39 is 23.7 Å². The molecule has 0 unspecified atom stereocenters. The van der Waals surface area contributed by atoms with Crippen molar-refractivity contribution in [3.8, 4) is 11.5 Å². The Kier molecular flexibility index (Phi) is 6.67. The van der Waals surface area contributed by atoms with Gasteiger partial charge in [-0.3, -0.25) is 0 Å². The average molecular weight is 538 g/mol. The Bertz CT molecular complexity index is 1670. The lowest BCUT2D eigenvalue weighted by Gasteiger charge is -2.31. The Labute approximate surface area is 231 Å². The van der Waals surface area contributed by atoms with Gasteiger partial charge in [-0.2, -0.15) is 5.10 Å². The van der Waals surface area contributed by atoms with Crippen LogP contribution in [0.4, 0.5) is 19.3 Å². The number of nitrogens with zero attached hydrogens (tertiary/aromatic N) is 4. The third kappa shape index (κ3) is 4.45. The molecule has 3 aromatic carbocycles. The van der Waals surface area contributed by atoms with E-state index in [4.69, 9.17) is 5.10 Å². The molecule has 0 spiro atoms. The largest absolute Gasteiger partial charge is 0.323 e. The molecule has 1 atom stereocenters. The Morgan fingerprint density at radius 1 is 0.950 bits per heavy atom. The summed E-state index contributed by atoms with van der Waals surface area (Å²) in [7, 11) is 0. The first-order valence-electron chi connectivity index (χ1n) is 13.4. The van der Waals surface area contributed by atoms with Gasteiger partial charge in [-0.15, -0.1) is 0 Å². The van der Waals surface area contributed by atoms with Gasteiger partial charge in [-0.25, -0.2) is 18.3 Å². The van der Waals surface area contributed by atoms with Crippen LogP contribution in [0.2, 0.25) is 0 Å². The number of hydrogen-bond donors (Lipinski definition) is 1. The van der Waals surface area contributed by atoms with Crippen LogP contribution in [0.25, 0.3) is 11.5 Å². The number of urea groups is 1. The van der Waals surface area contributed by atoms with Gasteiger partial charge in [0.2, 0.25) is 0 Å². The second kappa shape index (κ2) is 10.4. The summed E-state index contributed by atoms with van der Waals surface area (Å²) in [5, 5.41) is 7.59. The zero-order chi connectivity index (χ0) is 27.8. The molecule has 1 aliphatic rings. The Morgan fingerprint density at radius 2 is 1.73 bits per heavy atom. The van der Waals surface area contributed by atoms with Crippen molar-refractivity contribution in [1.82, 2.24) is 19.2 Å². The topological polar surface area (TPSA) is 55.1 Å². The molecule has 0 bridgehead atoms. The smallest absolute Gasteiger partial charge is 0.307 e. The highest BCUT2D eigenvalue weighted by Gasteiger charge is 2.36. The molecule has 2 aromatic heterocycles. The van der Waals surface area contributed by atoms with Crippen LogP contribution in [0, 0.1) is 11.6 Å². The van der Waals surface area contributed by atoms with E-state index in [1.54, 1.807) is 4.90 Å². The normalized spacial score (nSPS) is 14.4. The van der Waals surface area contributed by atoms with Crippen LogP contribution >= 0.6 is 0 Å². The minimum atomic E-state index is -0.705. The second-order valence-corrected chi connectivity index (χ2v) is 9.83. The van der Waals surface area contributed by atoms with Gasteiger partial charge in [0, 0.05) is 17.8 Å². The lowest BCUT2D eigenvalue weighted by Crippen LogP contribution is -2.38. The van der Waals surface area contributed by atoms with Crippen molar-refractivity contribution < 1.29 is 13.6 Å². The Morgan fingerprint density at radius 3 is 2.45 bits per heavy atom. The monoisotopic (exact) mass is 537 g/mol. The number of fused-ring (bicyclic) bond motifs is 3. The first-order chi connectivity index (χ1) is 19.5. The fraction of sp³-hybridized carbons (Fsp3) is 0.188. The van der Waals surface area contributed by atoms with E-state index in [-0.39, 0.29) is 12.2 Å². The number of rotatable bonds is 5. The van der Waals surface area contributed by atoms with Crippen molar-refractivity contribution in [2.75, 3.05) is 5.32 Å². The van der Waals surface area contributed by atoms with Crippen molar-refractivity contribution in [3.05, 3.63) is 131 Å². The molecule has 0 aliphatic carbocycles. The molecular weight excluding hydrogens is 508 g/mol. The first-order valence-corrected chi connectivity index (χ1v) is 13.4. The van der Waals surface area contributed by atoms with Crippen molar-refractivity contribution in [1.29, 1.82) is 0 Å². The van der Waals surface area contributed by atoms with E-state index in [0.717, 1.165) is 58.6 Å². The first kappa shape index (κ1) is 25.6. The second-order valence-electron chi connectivity index (χ2n) is 9.83. The minimum Gasteiger partial charge on any atom is -0.307 e. The fourth-order valence-corrected chi connectivity index (χ4v) is 5.41. The van der Waals surface area contributed by atoms with Crippen LogP contribution < -0.4 is 5.32 Å². The molecule has 0 fully saturated rings. The molecule has 1 N–H and O–H groups in total. The van der Waals surface area contributed by atoms with Crippen molar-refractivity contribution in [2.24, 2.45) is 0 Å². The van der Waals surface area contributed by atoms with Gasteiger partial charge >= 0.3 is 6.03 Å². The number of hydrogen-bond acceptors (Lipinski definition) is 2. The van der Waals surface area contributed by atoms with E-state index in [0.29, 0.717) is 6.42 Å². The predicted octanol–water partition coefficient (Wildman–Crippen LogP) is 7.20. The lowest BCUT2D eigenvalue weighted by molar-refractivity contribution is 0.194. The van der Waals surface area contributed by atoms with Gasteiger partial charge in [0.05, 0.1) is 35.3 Å². The fourth-order valence-electron chi connectivity index (χ4n) is 5.41. The molecule has 3 heterocycles. The predicted molar refractivity (Wildman–Crippen MR) is 151 cm³/mol.